The second kappa shape index (κ2) is 8.00. The molecule has 0 fully saturated rings. The molecule has 6 heteroatoms. The zero-order valence-electron chi connectivity index (χ0n) is 16.3. The van der Waals surface area contributed by atoms with Crippen LogP contribution in [0.3, 0.4) is 0 Å². The van der Waals surface area contributed by atoms with Gasteiger partial charge < -0.3 is 14.8 Å². The van der Waals surface area contributed by atoms with Gasteiger partial charge in [0.05, 0.1) is 19.3 Å². The average molecular weight is 379 g/mol. The highest BCUT2D eigenvalue weighted by atomic mass is 16.5. The van der Waals surface area contributed by atoms with Crippen molar-refractivity contribution in [1.82, 2.24) is 15.5 Å². The van der Waals surface area contributed by atoms with Crippen molar-refractivity contribution in [3.8, 4) is 22.9 Å². The predicted octanol–water partition coefficient (Wildman–Crippen LogP) is 3.38. The topological polar surface area (TPSA) is 73.3 Å². The minimum Gasteiger partial charge on any atom is -0.487 e. The Morgan fingerprint density at radius 2 is 2.18 bits per heavy atom. The molecular formula is C22H25N3O3. The average Bonchev–Trinajstić information content (AvgIpc) is 3.15. The Bertz CT molecular complexity index is 906. The van der Waals surface area contributed by atoms with Gasteiger partial charge in [-0.15, -0.1) is 10.2 Å². The van der Waals surface area contributed by atoms with E-state index in [0.29, 0.717) is 12.4 Å². The van der Waals surface area contributed by atoms with Gasteiger partial charge in [-0.1, -0.05) is 12.1 Å². The highest BCUT2D eigenvalue weighted by molar-refractivity contribution is 5.93. The molecular weight excluding hydrogens is 354 g/mol. The summed E-state index contributed by atoms with van der Waals surface area (Å²) in [6, 6.07) is 7.88. The Balaban J connectivity index is 1.48. The quantitative estimate of drug-likeness (QED) is 0.862. The van der Waals surface area contributed by atoms with Gasteiger partial charge in [-0.3, -0.25) is 4.79 Å². The summed E-state index contributed by atoms with van der Waals surface area (Å²) in [6.07, 6.45) is 6.90. The lowest BCUT2D eigenvalue weighted by Gasteiger charge is -2.16. The molecule has 2 aliphatic rings. The zero-order valence-corrected chi connectivity index (χ0v) is 16.3. The molecule has 28 heavy (non-hydrogen) atoms. The number of carbonyl (C=O) groups is 1. The number of allylic oxidation sites excluding steroid dienone is 1. The van der Waals surface area contributed by atoms with E-state index < -0.39 is 0 Å². The summed E-state index contributed by atoms with van der Waals surface area (Å²) in [5, 5.41) is 11.4. The van der Waals surface area contributed by atoms with E-state index in [1.54, 1.807) is 13.2 Å². The number of rotatable bonds is 5. The number of aromatic nitrogens is 2. The first kappa shape index (κ1) is 18.5. The maximum atomic E-state index is 12.4. The molecule has 146 valence electrons. The fraction of sp³-hybridized carbons (Fsp3) is 0.409. The van der Waals surface area contributed by atoms with Crippen molar-refractivity contribution in [3.05, 3.63) is 47.0 Å². The van der Waals surface area contributed by atoms with Crippen LogP contribution >= 0.6 is 0 Å². The molecule has 0 bridgehead atoms. The minimum absolute atomic E-state index is 0.0386. The first-order chi connectivity index (χ1) is 13.6. The van der Waals surface area contributed by atoms with E-state index in [9.17, 15) is 4.79 Å². The van der Waals surface area contributed by atoms with Crippen LogP contribution in [0.15, 0.2) is 35.9 Å². The van der Waals surface area contributed by atoms with Gasteiger partial charge in [-0.2, -0.15) is 0 Å². The van der Waals surface area contributed by atoms with Gasteiger partial charge >= 0.3 is 0 Å². The van der Waals surface area contributed by atoms with Crippen molar-refractivity contribution in [2.75, 3.05) is 13.7 Å². The highest BCUT2D eigenvalue weighted by Crippen LogP contribution is 2.39. The number of aryl methyl sites for hydroxylation is 1. The first-order valence-corrected chi connectivity index (χ1v) is 9.79. The standard InChI is InChI=1S/C22H25N3O3/c1-14-10-16-12-17(13-23-22(26)15-6-4-3-5-7-15)28-21(16)18(11-14)19-8-9-20(27-2)25-24-19/h6,8-11,17H,3-5,7,12-13H2,1-2H3,(H,23,26)/t17-/m0/s1. The summed E-state index contributed by atoms with van der Waals surface area (Å²) >= 11 is 0. The molecule has 1 aromatic carbocycles. The van der Waals surface area contributed by atoms with E-state index in [1.165, 1.54) is 6.42 Å². The molecule has 1 N–H and O–H groups in total. The van der Waals surface area contributed by atoms with Gasteiger partial charge in [0.25, 0.3) is 0 Å². The van der Waals surface area contributed by atoms with Crippen LogP contribution < -0.4 is 14.8 Å². The molecule has 1 atom stereocenters. The molecule has 1 aliphatic carbocycles. The van der Waals surface area contributed by atoms with E-state index in [-0.39, 0.29) is 12.0 Å². The smallest absolute Gasteiger partial charge is 0.247 e. The summed E-state index contributed by atoms with van der Waals surface area (Å²) in [4.78, 5) is 12.4. The summed E-state index contributed by atoms with van der Waals surface area (Å²) < 4.78 is 11.3. The molecule has 0 saturated carbocycles. The van der Waals surface area contributed by atoms with Crippen LogP contribution in [-0.4, -0.2) is 35.9 Å². The fourth-order valence-corrected chi connectivity index (χ4v) is 3.83. The number of fused-ring (bicyclic) bond motifs is 1. The molecule has 4 rings (SSSR count). The lowest BCUT2D eigenvalue weighted by Crippen LogP contribution is -2.35. The summed E-state index contributed by atoms with van der Waals surface area (Å²) in [5.74, 6) is 1.35. The third kappa shape index (κ3) is 3.86. The molecule has 1 aromatic heterocycles. The monoisotopic (exact) mass is 379 g/mol. The van der Waals surface area contributed by atoms with Gasteiger partial charge in [0, 0.05) is 23.6 Å². The van der Waals surface area contributed by atoms with Crippen LogP contribution in [0.5, 0.6) is 11.6 Å². The largest absolute Gasteiger partial charge is 0.487 e. The maximum absolute atomic E-state index is 12.4. The van der Waals surface area contributed by atoms with E-state index in [4.69, 9.17) is 9.47 Å². The second-order valence-corrected chi connectivity index (χ2v) is 7.39. The number of nitrogens with one attached hydrogen (secondary N) is 1. The number of methoxy groups -OCH3 is 1. The van der Waals surface area contributed by atoms with Crippen molar-refractivity contribution in [1.29, 1.82) is 0 Å². The number of hydrogen-bond donors (Lipinski definition) is 1. The second-order valence-electron chi connectivity index (χ2n) is 7.39. The van der Waals surface area contributed by atoms with Crippen LogP contribution in [-0.2, 0) is 11.2 Å². The summed E-state index contributed by atoms with van der Waals surface area (Å²) in [7, 11) is 1.57. The van der Waals surface area contributed by atoms with Crippen LogP contribution in [0.1, 0.15) is 36.8 Å². The number of carbonyl (C=O) groups excluding carboxylic acids is 1. The van der Waals surface area contributed by atoms with Crippen molar-refractivity contribution >= 4 is 5.91 Å². The Morgan fingerprint density at radius 1 is 1.29 bits per heavy atom. The van der Waals surface area contributed by atoms with Gasteiger partial charge in [0.15, 0.2) is 0 Å². The van der Waals surface area contributed by atoms with Gasteiger partial charge in [-0.05, 0) is 55.9 Å². The molecule has 2 aromatic rings. The van der Waals surface area contributed by atoms with Crippen molar-refractivity contribution in [2.24, 2.45) is 0 Å². The minimum atomic E-state index is -0.0742. The van der Waals surface area contributed by atoms with Crippen LogP contribution in [0.4, 0.5) is 0 Å². The Hall–Kier alpha value is -2.89. The van der Waals surface area contributed by atoms with E-state index in [1.807, 2.05) is 6.07 Å². The Labute approximate surface area is 165 Å². The summed E-state index contributed by atoms with van der Waals surface area (Å²) in [5.41, 5.74) is 4.87. The molecule has 0 spiro atoms. The van der Waals surface area contributed by atoms with E-state index in [2.05, 4.69) is 40.6 Å². The predicted molar refractivity (Wildman–Crippen MR) is 106 cm³/mol. The lowest BCUT2D eigenvalue weighted by molar-refractivity contribution is -0.118. The summed E-state index contributed by atoms with van der Waals surface area (Å²) in [6.45, 7) is 2.56. The van der Waals surface area contributed by atoms with Crippen molar-refractivity contribution in [2.45, 2.75) is 45.1 Å². The first-order valence-electron chi connectivity index (χ1n) is 9.79. The molecule has 2 heterocycles. The molecule has 0 unspecified atom stereocenters. The van der Waals surface area contributed by atoms with Crippen LogP contribution in [0.2, 0.25) is 0 Å². The van der Waals surface area contributed by atoms with Gasteiger partial charge in [0.2, 0.25) is 11.8 Å². The third-order valence-corrected chi connectivity index (χ3v) is 5.24. The molecule has 0 radical (unpaired) electrons. The van der Waals surface area contributed by atoms with Gasteiger partial charge in [0.1, 0.15) is 11.9 Å². The van der Waals surface area contributed by atoms with Crippen LogP contribution in [0, 0.1) is 6.92 Å². The molecule has 1 amide bonds. The number of nitrogens with zero attached hydrogens (tertiary/aromatic N) is 2. The fourth-order valence-electron chi connectivity index (χ4n) is 3.83. The van der Waals surface area contributed by atoms with Crippen molar-refractivity contribution in [3.63, 3.8) is 0 Å². The lowest BCUT2D eigenvalue weighted by atomic mass is 9.99. The molecule has 6 nitrogen and oxygen atoms in total. The highest BCUT2D eigenvalue weighted by Gasteiger charge is 2.27. The maximum Gasteiger partial charge on any atom is 0.247 e. The van der Waals surface area contributed by atoms with E-state index in [0.717, 1.165) is 59.4 Å². The SMILES string of the molecule is COc1ccc(-c2cc(C)cc3c2O[C@H](CNC(=O)C2=CCCCC2)C3)nn1. The molecule has 0 saturated heterocycles. The Morgan fingerprint density at radius 3 is 2.89 bits per heavy atom. The third-order valence-electron chi connectivity index (χ3n) is 5.24. The normalized spacial score (nSPS) is 18.1. The molecule has 1 aliphatic heterocycles. The zero-order chi connectivity index (χ0) is 19.5. The number of hydrogen-bond acceptors (Lipinski definition) is 5. The number of benzene rings is 1. The van der Waals surface area contributed by atoms with Crippen LogP contribution in [0.25, 0.3) is 11.3 Å². The number of amides is 1. The van der Waals surface area contributed by atoms with E-state index >= 15 is 0 Å². The van der Waals surface area contributed by atoms with Crippen molar-refractivity contribution < 1.29 is 14.3 Å². The Kier molecular flexibility index (Phi) is 5.28. The van der Waals surface area contributed by atoms with Gasteiger partial charge in [-0.25, -0.2) is 0 Å². The number of ether oxygens (including phenoxy) is 2.